The van der Waals surface area contributed by atoms with Crippen molar-refractivity contribution in [3.8, 4) is 33.6 Å². The zero-order valence-electron chi connectivity index (χ0n) is 34.6. The summed E-state index contributed by atoms with van der Waals surface area (Å²) in [6, 6.07) is 94.3. The molecule has 2 nitrogen and oxygen atoms in total. The van der Waals surface area contributed by atoms with Gasteiger partial charge in [0, 0.05) is 27.1 Å². The lowest BCUT2D eigenvalue weighted by atomic mass is 10.0. The Kier molecular flexibility index (Phi) is 8.87. The van der Waals surface area contributed by atoms with Gasteiger partial charge in [0.25, 0.3) is 0 Å². The molecule has 0 saturated heterocycles. The molecule has 0 N–H and O–H groups in total. The summed E-state index contributed by atoms with van der Waals surface area (Å²) in [5.74, 6) is 0. The fourth-order valence-corrected chi connectivity index (χ4v) is 15.5. The largest absolute Gasteiger partial charge is 0.309 e. The molecule has 10 aromatic carbocycles. The van der Waals surface area contributed by atoms with Gasteiger partial charge < -0.3 is 9.13 Å². The molecule has 0 bridgehead atoms. The average Bonchev–Trinajstić information content (AvgIpc) is 3.89. The van der Waals surface area contributed by atoms with Crippen molar-refractivity contribution in [2.75, 3.05) is 0 Å². The van der Waals surface area contributed by atoms with Crippen LogP contribution in [0.1, 0.15) is 0 Å². The smallest absolute Gasteiger partial charge is 0.180 e. The van der Waals surface area contributed by atoms with Crippen LogP contribution in [0.3, 0.4) is 0 Å². The topological polar surface area (TPSA) is 9.86 Å². The Morgan fingerprint density at radius 3 is 1.37 bits per heavy atom. The second-order valence-electron chi connectivity index (χ2n) is 16.4. The van der Waals surface area contributed by atoms with Gasteiger partial charge in [-0.3, -0.25) is 0 Å². The van der Waals surface area contributed by atoms with Crippen molar-refractivity contribution in [1.29, 1.82) is 0 Å². The fourth-order valence-electron chi connectivity index (χ4n) is 10.5. The van der Waals surface area contributed by atoms with Gasteiger partial charge in [-0.15, -0.1) is 0 Å². The molecular formula is C60H42N2Si. The lowest BCUT2D eigenvalue weighted by Gasteiger charge is -2.35. The molecular weight excluding hydrogens is 777 g/mol. The van der Waals surface area contributed by atoms with Crippen LogP contribution in [0.5, 0.6) is 0 Å². The molecule has 2 aromatic heterocycles. The van der Waals surface area contributed by atoms with E-state index in [1.807, 2.05) is 0 Å². The molecule has 3 heteroatoms. The maximum absolute atomic E-state index is 3.03. The van der Waals surface area contributed by atoms with E-state index in [4.69, 9.17) is 0 Å². The molecule has 0 spiro atoms. The van der Waals surface area contributed by atoms with Crippen molar-refractivity contribution in [1.82, 2.24) is 9.13 Å². The van der Waals surface area contributed by atoms with Crippen molar-refractivity contribution < 1.29 is 0 Å². The molecule has 0 saturated carbocycles. The predicted octanol–water partition coefficient (Wildman–Crippen LogP) is 12.6. The van der Waals surface area contributed by atoms with Gasteiger partial charge in [0.1, 0.15) is 0 Å². The second-order valence-corrected chi connectivity index (χ2v) is 20.2. The average molecular weight is 819 g/mol. The van der Waals surface area contributed by atoms with Gasteiger partial charge in [0.15, 0.2) is 8.07 Å². The highest BCUT2D eigenvalue weighted by Crippen LogP contribution is 2.41. The Morgan fingerprint density at radius 1 is 0.270 bits per heavy atom. The van der Waals surface area contributed by atoms with Gasteiger partial charge in [-0.1, -0.05) is 218 Å². The number of aromatic nitrogens is 2. The van der Waals surface area contributed by atoms with Crippen LogP contribution in [0, 0.1) is 0 Å². The quantitative estimate of drug-likeness (QED) is 0.107. The van der Waals surface area contributed by atoms with Crippen molar-refractivity contribution in [2.45, 2.75) is 0 Å². The van der Waals surface area contributed by atoms with Crippen molar-refractivity contribution in [2.24, 2.45) is 0 Å². The summed E-state index contributed by atoms with van der Waals surface area (Å²) in [5.41, 5.74) is 11.9. The summed E-state index contributed by atoms with van der Waals surface area (Å²) in [7, 11) is -3.03. The van der Waals surface area contributed by atoms with Gasteiger partial charge in [-0.25, -0.2) is 0 Å². The molecule has 0 aliphatic heterocycles. The van der Waals surface area contributed by atoms with Crippen LogP contribution in [0.25, 0.3) is 77.2 Å². The van der Waals surface area contributed by atoms with E-state index in [1.54, 1.807) is 0 Å². The first kappa shape index (κ1) is 36.8. The molecule has 296 valence electrons. The van der Waals surface area contributed by atoms with Gasteiger partial charge in [-0.2, -0.15) is 0 Å². The Bertz CT molecular complexity index is 3570. The molecule has 12 rings (SSSR count). The first-order chi connectivity index (χ1) is 31.3. The summed E-state index contributed by atoms with van der Waals surface area (Å²) < 4.78 is 5.02. The van der Waals surface area contributed by atoms with Gasteiger partial charge in [0.05, 0.1) is 33.4 Å². The Labute approximate surface area is 368 Å². The zero-order valence-corrected chi connectivity index (χ0v) is 35.6. The number of para-hydroxylation sites is 3. The SMILES string of the molecule is c1ccc(-c2cccc([Si](c3ccccc3)(c3ccccc3)c3cccc4c3c3ccccc3n4-c3cccc4c3c3ccccc3n4-c3ccccc3-c3ccccc3)c2)cc1. The minimum absolute atomic E-state index is 1.16. The predicted molar refractivity (Wildman–Crippen MR) is 270 cm³/mol. The molecule has 0 amide bonds. The maximum atomic E-state index is 2.55. The second kappa shape index (κ2) is 15.2. The monoisotopic (exact) mass is 818 g/mol. The lowest BCUT2D eigenvalue weighted by molar-refractivity contribution is 1.17. The summed E-state index contributed by atoms with van der Waals surface area (Å²) >= 11 is 0. The molecule has 63 heavy (non-hydrogen) atoms. The summed E-state index contributed by atoms with van der Waals surface area (Å²) in [5, 5.41) is 10.4. The van der Waals surface area contributed by atoms with Gasteiger partial charge in [-0.05, 0) is 73.8 Å². The third-order valence-corrected chi connectivity index (χ3v) is 17.9. The Balaban J connectivity index is 1.19. The number of hydrogen-bond acceptors (Lipinski definition) is 0. The molecule has 12 aromatic rings. The molecule has 0 aliphatic rings. The Hall–Kier alpha value is -7.98. The number of benzene rings is 10. The van der Waals surface area contributed by atoms with Gasteiger partial charge in [0.2, 0.25) is 0 Å². The summed E-state index contributed by atoms with van der Waals surface area (Å²) in [6.07, 6.45) is 0. The van der Waals surface area contributed by atoms with E-state index in [0.29, 0.717) is 0 Å². The highest BCUT2D eigenvalue weighted by Gasteiger charge is 2.43. The third-order valence-electron chi connectivity index (χ3n) is 13.1. The van der Waals surface area contributed by atoms with Crippen LogP contribution >= 0.6 is 0 Å². The van der Waals surface area contributed by atoms with E-state index in [1.165, 1.54) is 92.3 Å². The van der Waals surface area contributed by atoms with E-state index in [0.717, 1.165) is 5.69 Å². The van der Waals surface area contributed by atoms with Crippen LogP contribution in [0.4, 0.5) is 0 Å². The maximum Gasteiger partial charge on any atom is 0.180 e. The van der Waals surface area contributed by atoms with E-state index in [-0.39, 0.29) is 0 Å². The highest BCUT2D eigenvalue weighted by atomic mass is 28.3. The first-order valence-corrected chi connectivity index (χ1v) is 23.8. The number of fused-ring (bicyclic) bond motifs is 6. The molecule has 0 radical (unpaired) electrons. The van der Waals surface area contributed by atoms with Crippen LogP contribution < -0.4 is 20.7 Å². The number of nitrogens with zero attached hydrogens (tertiary/aromatic N) is 2. The normalized spacial score (nSPS) is 11.8. The number of hydrogen-bond donors (Lipinski definition) is 0. The Morgan fingerprint density at radius 2 is 0.698 bits per heavy atom. The van der Waals surface area contributed by atoms with Crippen LogP contribution in [-0.2, 0) is 0 Å². The van der Waals surface area contributed by atoms with Crippen LogP contribution in [-0.4, -0.2) is 17.2 Å². The van der Waals surface area contributed by atoms with Crippen LogP contribution in [0.15, 0.2) is 255 Å². The van der Waals surface area contributed by atoms with Crippen LogP contribution in [0.2, 0.25) is 0 Å². The minimum Gasteiger partial charge on any atom is -0.309 e. The molecule has 2 heterocycles. The fraction of sp³-hybridized carbons (Fsp3) is 0. The first-order valence-electron chi connectivity index (χ1n) is 21.8. The van der Waals surface area contributed by atoms with E-state index in [2.05, 4.69) is 264 Å². The standard InChI is InChI=1S/C60H42N2Si/c1-5-22-43(23-6-1)45-26-19-31-48(42-45)63(46-27-9-3-10-28-46,47-29-11-4-12-30-47)58-41-21-40-57-60(58)51-34-15-18-37-54(51)62(57)56-39-20-38-55-59(56)50-33-14-17-36-53(50)61(55)52-35-16-13-32-49(52)44-24-7-2-8-25-44/h1-42H. The highest BCUT2D eigenvalue weighted by molar-refractivity contribution is 7.20. The van der Waals surface area contributed by atoms with Gasteiger partial charge >= 0.3 is 0 Å². The van der Waals surface area contributed by atoms with Crippen molar-refractivity contribution in [3.63, 3.8) is 0 Å². The number of rotatable bonds is 8. The van der Waals surface area contributed by atoms with Crippen molar-refractivity contribution >= 4 is 72.4 Å². The van der Waals surface area contributed by atoms with Crippen molar-refractivity contribution in [3.05, 3.63) is 255 Å². The minimum atomic E-state index is -3.03. The summed E-state index contributed by atoms with van der Waals surface area (Å²) in [6.45, 7) is 0. The van der Waals surface area contributed by atoms with E-state index < -0.39 is 8.07 Å². The molecule has 0 atom stereocenters. The van der Waals surface area contributed by atoms with E-state index >= 15 is 0 Å². The lowest BCUT2D eigenvalue weighted by Crippen LogP contribution is -2.74. The molecule has 0 unspecified atom stereocenters. The van der Waals surface area contributed by atoms with E-state index in [9.17, 15) is 0 Å². The molecule has 0 fully saturated rings. The zero-order chi connectivity index (χ0) is 41.7. The third kappa shape index (κ3) is 5.78. The summed E-state index contributed by atoms with van der Waals surface area (Å²) in [4.78, 5) is 0. The molecule has 0 aliphatic carbocycles.